The minimum atomic E-state index is -3.80. The Kier molecular flexibility index (Phi) is 5.87. The van der Waals surface area contributed by atoms with Crippen molar-refractivity contribution in [3.05, 3.63) is 83.2 Å². The van der Waals surface area contributed by atoms with Gasteiger partial charge < -0.3 is 9.64 Å². The second-order valence-corrected chi connectivity index (χ2v) is 10.6. The third-order valence-electron chi connectivity index (χ3n) is 6.23. The van der Waals surface area contributed by atoms with Gasteiger partial charge in [0.2, 0.25) is 10.0 Å². The van der Waals surface area contributed by atoms with E-state index in [2.05, 4.69) is 4.90 Å². The Morgan fingerprint density at radius 2 is 1.74 bits per heavy atom. The fourth-order valence-corrected chi connectivity index (χ4v) is 5.78. The maximum absolute atomic E-state index is 14.1. The van der Waals surface area contributed by atoms with Gasteiger partial charge in [0.05, 0.1) is 10.5 Å². The van der Waals surface area contributed by atoms with Gasteiger partial charge in [0.15, 0.2) is 5.75 Å². The molecule has 1 fully saturated rings. The van der Waals surface area contributed by atoms with Gasteiger partial charge in [0.25, 0.3) is 0 Å². The fraction of sp³-hybridized carbons (Fsp3) is 0.269. The molecule has 2 aliphatic rings. The van der Waals surface area contributed by atoms with Gasteiger partial charge in [-0.2, -0.15) is 4.31 Å². The van der Waals surface area contributed by atoms with Crippen molar-refractivity contribution in [3.63, 3.8) is 0 Å². The summed E-state index contributed by atoms with van der Waals surface area (Å²) in [6, 6.07) is 17.7. The molecule has 0 aromatic heterocycles. The smallest absolute Gasteiger partial charge is 0.243 e. The highest BCUT2D eigenvalue weighted by molar-refractivity contribution is 7.89. The Labute approximate surface area is 199 Å². The van der Waals surface area contributed by atoms with Crippen LogP contribution in [0.3, 0.4) is 0 Å². The van der Waals surface area contributed by atoms with Gasteiger partial charge in [0.1, 0.15) is 23.1 Å². The summed E-state index contributed by atoms with van der Waals surface area (Å²) in [6.07, 6.45) is 0.621. The summed E-state index contributed by atoms with van der Waals surface area (Å²) in [6.45, 7) is 5.36. The number of para-hydroxylation sites is 1. The molecule has 6 nitrogen and oxygen atoms in total. The summed E-state index contributed by atoms with van der Waals surface area (Å²) in [5.41, 5.74) is 3.11. The van der Waals surface area contributed by atoms with E-state index in [0.717, 1.165) is 34.5 Å². The number of amidine groups is 1. The molecule has 8 heteroatoms. The molecule has 3 aromatic carbocycles. The van der Waals surface area contributed by atoms with Crippen LogP contribution in [-0.2, 0) is 10.0 Å². The number of rotatable bonds is 2. The van der Waals surface area contributed by atoms with E-state index in [9.17, 15) is 12.8 Å². The molecule has 5 rings (SSSR count). The zero-order valence-corrected chi connectivity index (χ0v) is 20.0. The molecular formula is C26H26FN3O3S. The van der Waals surface area contributed by atoms with Crippen molar-refractivity contribution < 1.29 is 17.5 Å². The van der Waals surface area contributed by atoms with Crippen molar-refractivity contribution in [3.8, 4) is 11.5 Å². The normalized spacial score (nSPS) is 16.6. The number of ether oxygens (including phenoxy) is 1. The summed E-state index contributed by atoms with van der Waals surface area (Å²) in [5.74, 6) is 1.66. The van der Waals surface area contributed by atoms with Gasteiger partial charge in [-0.05, 0) is 67.8 Å². The van der Waals surface area contributed by atoms with Crippen LogP contribution in [0, 0.1) is 19.7 Å². The first-order valence-electron chi connectivity index (χ1n) is 11.3. The number of aryl methyl sites for hydroxylation is 2. The van der Waals surface area contributed by atoms with E-state index in [1.165, 1.54) is 16.4 Å². The number of nitrogens with zero attached hydrogens (tertiary/aromatic N) is 3. The van der Waals surface area contributed by atoms with Gasteiger partial charge >= 0.3 is 0 Å². The van der Waals surface area contributed by atoms with Crippen molar-refractivity contribution in [2.24, 2.45) is 4.99 Å². The first kappa shape index (κ1) is 22.6. The lowest BCUT2D eigenvalue weighted by Gasteiger charge is -2.25. The monoisotopic (exact) mass is 479 g/mol. The van der Waals surface area contributed by atoms with Gasteiger partial charge in [-0.1, -0.05) is 24.3 Å². The van der Waals surface area contributed by atoms with Crippen LogP contribution in [-0.4, -0.2) is 49.6 Å². The van der Waals surface area contributed by atoms with E-state index in [1.54, 1.807) is 6.92 Å². The van der Waals surface area contributed by atoms with Crippen molar-refractivity contribution in [1.29, 1.82) is 0 Å². The molecule has 3 aromatic rings. The molecule has 0 atom stereocenters. The maximum atomic E-state index is 14.1. The number of halogens is 1. The largest absolute Gasteiger partial charge is 0.454 e. The number of hydrogen-bond acceptors (Lipinski definition) is 5. The number of fused-ring (bicyclic) bond motifs is 2. The fourth-order valence-electron chi connectivity index (χ4n) is 4.30. The molecule has 0 amide bonds. The SMILES string of the molecule is Cc1ccc2c(c1)Oc1ccccc1C(N1CCCN(S(=O)(=O)c3ccc(C)c(F)c3)CC1)=N2. The molecule has 34 heavy (non-hydrogen) atoms. The van der Waals surface area contributed by atoms with E-state index in [1.807, 2.05) is 49.4 Å². The molecule has 0 radical (unpaired) electrons. The van der Waals surface area contributed by atoms with Gasteiger partial charge in [-0.3, -0.25) is 0 Å². The molecule has 0 aliphatic carbocycles. The summed E-state index contributed by atoms with van der Waals surface area (Å²) < 4.78 is 48.2. The maximum Gasteiger partial charge on any atom is 0.243 e. The predicted octanol–water partition coefficient (Wildman–Crippen LogP) is 5.02. The Hall–Kier alpha value is -3.23. The first-order valence-corrected chi connectivity index (χ1v) is 12.7. The van der Waals surface area contributed by atoms with Crippen LogP contribution >= 0.6 is 0 Å². The van der Waals surface area contributed by atoms with Crippen LogP contribution in [0.1, 0.15) is 23.1 Å². The summed E-state index contributed by atoms with van der Waals surface area (Å²) >= 11 is 0. The highest BCUT2D eigenvalue weighted by Gasteiger charge is 2.30. The number of hydrogen-bond donors (Lipinski definition) is 0. The van der Waals surface area contributed by atoms with Gasteiger partial charge in [-0.25, -0.2) is 17.8 Å². The molecule has 0 saturated carbocycles. The third kappa shape index (κ3) is 4.19. The molecule has 0 unspecified atom stereocenters. The molecule has 0 spiro atoms. The molecule has 2 heterocycles. The molecule has 0 N–H and O–H groups in total. The van der Waals surface area contributed by atoms with E-state index < -0.39 is 15.8 Å². The minimum Gasteiger partial charge on any atom is -0.454 e. The zero-order chi connectivity index (χ0) is 23.9. The zero-order valence-electron chi connectivity index (χ0n) is 19.2. The number of aliphatic imine (C=N–C) groups is 1. The van der Waals surface area contributed by atoms with Crippen LogP contribution in [0.5, 0.6) is 11.5 Å². The summed E-state index contributed by atoms with van der Waals surface area (Å²) in [7, 11) is -3.80. The van der Waals surface area contributed by atoms with Crippen LogP contribution < -0.4 is 4.74 Å². The standard InChI is InChI=1S/C26H26FN3O3S/c1-18-8-11-23-25(16-18)33-24-7-4-3-6-21(24)26(28-23)29-12-5-13-30(15-14-29)34(31,32)20-10-9-19(2)22(27)17-20/h3-4,6-11,16-17H,5,12-15H2,1-2H3. The molecule has 0 bridgehead atoms. The lowest BCUT2D eigenvalue weighted by molar-refractivity contribution is 0.407. The molecule has 2 aliphatic heterocycles. The van der Waals surface area contributed by atoms with Crippen molar-refractivity contribution >= 4 is 21.5 Å². The lowest BCUT2D eigenvalue weighted by atomic mass is 10.1. The quantitative estimate of drug-likeness (QED) is 0.518. The van der Waals surface area contributed by atoms with Gasteiger partial charge in [0, 0.05) is 26.2 Å². The highest BCUT2D eigenvalue weighted by Crippen LogP contribution is 2.38. The predicted molar refractivity (Wildman–Crippen MR) is 130 cm³/mol. The van der Waals surface area contributed by atoms with Crippen LogP contribution in [0.25, 0.3) is 0 Å². The Morgan fingerprint density at radius 3 is 2.56 bits per heavy atom. The van der Waals surface area contributed by atoms with E-state index in [-0.39, 0.29) is 11.4 Å². The second kappa shape index (κ2) is 8.85. The van der Waals surface area contributed by atoms with Crippen molar-refractivity contribution in [1.82, 2.24) is 9.21 Å². The average molecular weight is 480 g/mol. The van der Waals surface area contributed by atoms with Crippen LogP contribution in [0.2, 0.25) is 0 Å². The molecule has 1 saturated heterocycles. The Bertz CT molecular complexity index is 1390. The number of benzene rings is 3. The van der Waals surface area contributed by atoms with Crippen molar-refractivity contribution in [2.75, 3.05) is 26.2 Å². The van der Waals surface area contributed by atoms with Crippen LogP contribution in [0.15, 0.2) is 70.6 Å². The Balaban J connectivity index is 1.46. The van der Waals surface area contributed by atoms with E-state index in [4.69, 9.17) is 9.73 Å². The Morgan fingerprint density at radius 1 is 0.912 bits per heavy atom. The van der Waals surface area contributed by atoms with E-state index in [0.29, 0.717) is 37.4 Å². The average Bonchev–Trinajstić information content (AvgIpc) is 3.16. The van der Waals surface area contributed by atoms with Crippen LogP contribution in [0.4, 0.5) is 10.1 Å². The molecule has 176 valence electrons. The first-order chi connectivity index (χ1) is 16.3. The van der Waals surface area contributed by atoms with Crippen molar-refractivity contribution in [2.45, 2.75) is 25.2 Å². The third-order valence-corrected chi connectivity index (χ3v) is 8.12. The van der Waals surface area contributed by atoms with E-state index >= 15 is 0 Å². The number of sulfonamides is 1. The highest BCUT2D eigenvalue weighted by atomic mass is 32.2. The summed E-state index contributed by atoms with van der Waals surface area (Å²) in [5, 5.41) is 0. The summed E-state index contributed by atoms with van der Waals surface area (Å²) in [4.78, 5) is 7.05. The minimum absolute atomic E-state index is 0.0149. The lowest BCUT2D eigenvalue weighted by Crippen LogP contribution is -2.37. The molecular weight excluding hydrogens is 453 g/mol. The topological polar surface area (TPSA) is 62.2 Å². The van der Waals surface area contributed by atoms with Gasteiger partial charge in [-0.15, -0.1) is 0 Å². The second-order valence-electron chi connectivity index (χ2n) is 8.66.